The molecule has 0 saturated carbocycles. The van der Waals surface area contributed by atoms with Gasteiger partial charge in [-0.2, -0.15) is 0 Å². The van der Waals surface area contributed by atoms with Crippen LogP contribution in [-0.4, -0.2) is 34.8 Å². The average Bonchev–Trinajstić information content (AvgIpc) is 3.18. The maximum atomic E-state index is 12.5. The van der Waals surface area contributed by atoms with Gasteiger partial charge in [0.05, 0.1) is 5.75 Å². The van der Waals surface area contributed by atoms with E-state index in [0.717, 1.165) is 26.8 Å². The second-order valence-corrected chi connectivity index (χ2v) is 10.0. The Labute approximate surface area is 201 Å². The minimum atomic E-state index is -0.0930. The molecule has 0 aromatic heterocycles. The van der Waals surface area contributed by atoms with E-state index in [0.29, 0.717) is 24.4 Å². The van der Waals surface area contributed by atoms with E-state index < -0.39 is 0 Å². The Kier molecular flexibility index (Phi) is 7.79. The van der Waals surface area contributed by atoms with Crippen molar-refractivity contribution in [3.63, 3.8) is 0 Å². The summed E-state index contributed by atoms with van der Waals surface area (Å²) in [6.45, 7) is 1.16. The van der Waals surface area contributed by atoms with E-state index in [4.69, 9.17) is 11.6 Å². The number of hydrogen-bond donors (Lipinski definition) is 1. The molecule has 1 heterocycles. The predicted octanol–water partition coefficient (Wildman–Crippen LogP) is 5.64. The number of thioether (sulfide) groups is 2. The van der Waals surface area contributed by atoms with Gasteiger partial charge in [0, 0.05) is 34.3 Å². The van der Waals surface area contributed by atoms with E-state index in [2.05, 4.69) is 5.32 Å². The van der Waals surface area contributed by atoms with Crippen molar-refractivity contribution in [2.24, 2.45) is 0 Å². The van der Waals surface area contributed by atoms with Crippen molar-refractivity contribution in [1.29, 1.82) is 0 Å². The highest BCUT2D eigenvalue weighted by molar-refractivity contribution is 8.00. The van der Waals surface area contributed by atoms with Crippen LogP contribution in [0.25, 0.3) is 0 Å². The smallest absolute Gasteiger partial charge is 0.251 e. The van der Waals surface area contributed by atoms with Crippen LogP contribution in [0.4, 0.5) is 0 Å². The lowest BCUT2D eigenvalue weighted by Crippen LogP contribution is -2.28. The van der Waals surface area contributed by atoms with Crippen LogP contribution in [0.5, 0.6) is 0 Å². The van der Waals surface area contributed by atoms with E-state index >= 15 is 0 Å². The quantitative estimate of drug-likeness (QED) is 0.333. The Bertz CT molecular complexity index is 1060. The molecule has 0 aliphatic carbocycles. The lowest BCUT2D eigenvalue weighted by Gasteiger charge is -2.24. The zero-order valence-electron chi connectivity index (χ0n) is 17.4. The van der Waals surface area contributed by atoms with Crippen LogP contribution in [0.15, 0.2) is 83.8 Å². The van der Waals surface area contributed by atoms with Crippen molar-refractivity contribution in [2.75, 3.05) is 18.1 Å². The van der Waals surface area contributed by atoms with Crippen molar-refractivity contribution in [2.45, 2.75) is 16.8 Å². The number of carbonyl (C=O) groups is 2. The third-order valence-electron chi connectivity index (χ3n) is 5.09. The van der Waals surface area contributed by atoms with Crippen LogP contribution in [0.3, 0.4) is 0 Å². The molecule has 2 amide bonds. The second-order valence-electron chi connectivity index (χ2n) is 7.35. The summed E-state index contributed by atoms with van der Waals surface area (Å²) in [6.07, 6.45) is 0. The number of amides is 2. The number of nitrogens with one attached hydrogen (secondary N) is 1. The molecule has 4 nitrogen and oxygen atoms in total. The van der Waals surface area contributed by atoms with Gasteiger partial charge in [0.25, 0.3) is 5.91 Å². The van der Waals surface area contributed by atoms with Crippen LogP contribution in [0.1, 0.15) is 26.9 Å². The van der Waals surface area contributed by atoms with Crippen LogP contribution in [-0.2, 0) is 11.3 Å². The van der Waals surface area contributed by atoms with E-state index in [1.165, 1.54) is 0 Å². The highest BCUT2D eigenvalue weighted by Gasteiger charge is 2.32. The van der Waals surface area contributed by atoms with E-state index in [-0.39, 0.29) is 17.2 Å². The van der Waals surface area contributed by atoms with Gasteiger partial charge >= 0.3 is 0 Å². The highest BCUT2D eigenvalue weighted by Crippen LogP contribution is 2.39. The fourth-order valence-electron chi connectivity index (χ4n) is 3.45. The zero-order valence-corrected chi connectivity index (χ0v) is 19.8. The van der Waals surface area contributed by atoms with E-state index in [9.17, 15) is 9.59 Å². The monoisotopic (exact) mass is 482 g/mol. The SMILES string of the molecule is O=C(NCCSc1ccc(Cl)cc1)c1ccc([C@@H]2SCC(=O)N2Cc2ccccc2)cc1. The third kappa shape index (κ3) is 5.88. The summed E-state index contributed by atoms with van der Waals surface area (Å²) >= 11 is 9.20. The van der Waals surface area contributed by atoms with E-state index in [1.807, 2.05) is 83.8 Å². The Morgan fingerprint density at radius 3 is 2.47 bits per heavy atom. The summed E-state index contributed by atoms with van der Waals surface area (Å²) < 4.78 is 0. The van der Waals surface area contributed by atoms with Crippen molar-refractivity contribution in [3.05, 3.63) is 101 Å². The van der Waals surface area contributed by atoms with Gasteiger partial charge in [-0.25, -0.2) is 0 Å². The molecular formula is C25H23ClN2O2S2. The first-order valence-corrected chi connectivity index (χ1v) is 12.7. The standard InChI is InChI=1S/C25H23ClN2O2S2/c26-21-10-12-22(13-11-21)31-15-14-27-24(30)19-6-8-20(9-7-19)25-28(23(29)17-32-25)16-18-4-2-1-3-5-18/h1-13,25H,14-17H2,(H,27,30)/t25-/m0/s1. The summed E-state index contributed by atoms with van der Waals surface area (Å²) in [6, 6.07) is 25.3. The normalized spacial score (nSPS) is 15.7. The maximum Gasteiger partial charge on any atom is 0.251 e. The van der Waals surface area contributed by atoms with Crippen molar-refractivity contribution < 1.29 is 9.59 Å². The van der Waals surface area contributed by atoms with Crippen molar-refractivity contribution >= 4 is 46.9 Å². The number of halogens is 1. The van der Waals surface area contributed by atoms with Crippen LogP contribution < -0.4 is 5.32 Å². The van der Waals surface area contributed by atoms with E-state index in [1.54, 1.807) is 23.5 Å². The number of rotatable bonds is 8. The Morgan fingerprint density at radius 1 is 1.03 bits per heavy atom. The molecule has 0 bridgehead atoms. The Morgan fingerprint density at radius 2 is 1.75 bits per heavy atom. The first-order valence-electron chi connectivity index (χ1n) is 10.3. The minimum absolute atomic E-state index is 0.0319. The fourth-order valence-corrected chi connectivity index (χ4v) is 5.53. The van der Waals surface area contributed by atoms with Gasteiger partial charge in [0.15, 0.2) is 0 Å². The fraction of sp³-hybridized carbons (Fsp3) is 0.200. The lowest BCUT2D eigenvalue weighted by atomic mass is 10.1. The van der Waals surface area contributed by atoms with Crippen molar-refractivity contribution in [3.8, 4) is 0 Å². The van der Waals surface area contributed by atoms with Crippen LogP contribution >= 0.6 is 35.1 Å². The van der Waals surface area contributed by atoms with Gasteiger partial charge in [-0.3, -0.25) is 9.59 Å². The Balaban J connectivity index is 1.31. The highest BCUT2D eigenvalue weighted by atomic mass is 35.5. The molecule has 1 N–H and O–H groups in total. The molecule has 7 heteroatoms. The molecular weight excluding hydrogens is 460 g/mol. The third-order valence-corrected chi connectivity index (χ3v) is 7.61. The molecule has 0 radical (unpaired) electrons. The molecule has 1 aliphatic heterocycles. The Hall–Kier alpha value is -2.41. The zero-order chi connectivity index (χ0) is 22.3. The number of carbonyl (C=O) groups excluding carboxylic acids is 2. The van der Waals surface area contributed by atoms with Gasteiger partial charge in [0.2, 0.25) is 5.91 Å². The summed E-state index contributed by atoms with van der Waals surface area (Å²) in [4.78, 5) is 27.9. The molecule has 0 spiro atoms. The van der Waals surface area contributed by atoms with Gasteiger partial charge < -0.3 is 10.2 Å². The molecule has 1 fully saturated rings. The molecule has 1 atom stereocenters. The number of benzene rings is 3. The van der Waals surface area contributed by atoms with Gasteiger partial charge in [-0.05, 0) is 47.5 Å². The molecule has 0 unspecified atom stereocenters. The summed E-state index contributed by atoms with van der Waals surface area (Å²) in [5.41, 5.74) is 2.77. The maximum absolute atomic E-state index is 12.5. The number of hydrogen-bond acceptors (Lipinski definition) is 4. The molecule has 164 valence electrons. The second kappa shape index (κ2) is 10.9. The number of nitrogens with zero attached hydrogens (tertiary/aromatic N) is 1. The van der Waals surface area contributed by atoms with Crippen LogP contribution in [0, 0.1) is 0 Å². The lowest BCUT2D eigenvalue weighted by molar-refractivity contribution is -0.128. The largest absolute Gasteiger partial charge is 0.351 e. The molecule has 1 saturated heterocycles. The van der Waals surface area contributed by atoms with Crippen molar-refractivity contribution in [1.82, 2.24) is 10.2 Å². The van der Waals surface area contributed by atoms with Gasteiger partial charge in [0.1, 0.15) is 5.37 Å². The summed E-state index contributed by atoms with van der Waals surface area (Å²) in [7, 11) is 0. The minimum Gasteiger partial charge on any atom is -0.351 e. The first-order chi connectivity index (χ1) is 15.6. The molecule has 4 rings (SSSR count). The van der Waals surface area contributed by atoms with Gasteiger partial charge in [-0.15, -0.1) is 23.5 Å². The predicted molar refractivity (Wildman–Crippen MR) is 133 cm³/mol. The molecule has 3 aromatic rings. The molecule has 3 aromatic carbocycles. The topological polar surface area (TPSA) is 49.4 Å². The molecule has 32 heavy (non-hydrogen) atoms. The summed E-state index contributed by atoms with van der Waals surface area (Å²) in [5.74, 6) is 1.31. The first kappa shape index (κ1) is 22.8. The summed E-state index contributed by atoms with van der Waals surface area (Å²) in [5, 5.41) is 3.65. The van der Waals surface area contributed by atoms with Gasteiger partial charge in [-0.1, -0.05) is 54.1 Å². The molecule has 1 aliphatic rings. The van der Waals surface area contributed by atoms with Crippen LogP contribution in [0.2, 0.25) is 5.02 Å². The average molecular weight is 483 g/mol.